The van der Waals surface area contributed by atoms with Crippen molar-refractivity contribution in [2.24, 2.45) is 0 Å². The highest BCUT2D eigenvalue weighted by Gasteiger charge is 2.29. The highest BCUT2D eigenvalue weighted by molar-refractivity contribution is 5.79. The first-order chi connectivity index (χ1) is 6.83. The van der Waals surface area contributed by atoms with Gasteiger partial charge in [0.05, 0.1) is 12.8 Å². The van der Waals surface area contributed by atoms with Crippen molar-refractivity contribution in [1.29, 1.82) is 0 Å². The molecule has 0 saturated carbocycles. The molecule has 1 amide bonds. The van der Waals surface area contributed by atoms with Crippen LogP contribution in [-0.2, 0) is 4.79 Å². The molecule has 4 nitrogen and oxygen atoms in total. The quantitative estimate of drug-likeness (QED) is 0.756. The molecule has 1 aliphatic heterocycles. The van der Waals surface area contributed by atoms with Gasteiger partial charge in [-0.25, -0.2) is 0 Å². The van der Waals surface area contributed by atoms with E-state index in [9.17, 15) is 4.79 Å². The number of hydrogen-bond acceptors (Lipinski definition) is 3. The summed E-state index contributed by atoms with van der Waals surface area (Å²) in [6.45, 7) is 3.92. The fraction of sp³-hybridized carbons (Fsp3) is 0.500. The summed E-state index contributed by atoms with van der Waals surface area (Å²) < 4.78 is 5.32. The predicted octanol–water partition coefficient (Wildman–Crippen LogP) is 0.772. The minimum atomic E-state index is 0.0521. The Morgan fingerprint density at radius 1 is 1.71 bits per heavy atom. The summed E-state index contributed by atoms with van der Waals surface area (Å²) in [7, 11) is 0. The third kappa shape index (κ3) is 1.53. The Bertz CT molecular complexity index is 308. The molecule has 1 aromatic heterocycles. The van der Waals surface area contributed by atoms with Gasteiger partial charge in [0.25, 0.3) is 0 Å². The summed E-state index contributed by atoms with van der Waals surface area (Å²) >= 11 is 0. The van der Waals surface area contributed by atoms with E-state index in [0.717, 1.165) is 18.8 Å². The van der Waals surface area contributed by atoms with Crippen molar-refractivity contribution in [2.45, 2.75) is 13.0 Å². The summed E-state index contributed by atoms with van der Waals surface area (Å²) in [6.07, 6.45) is 1.64. The van der Waals surface area contributed by atoms with E-state index in [-0.39, 0.29) is 11.9 Å². The summed E-state index contributed by atoms with van der Waals surface area (Å²) in [5, 5.41) is 3.09. The molecule has 1 aliphatic rings. The topological polar surface area (TPSA) is 45.5 Å². The first-order valence-electron chi connectivity index (χ1n) is 4.86. The molecule has 76 valence electrons. The lowest BCUT2D eigenvalue weighted by Gasteiger charge is -2.33. The number of carbonyl (C=O) groups excluding carboxylic acids is 1. The minimum Gasteiger partial charge on any atom is -0.467 e. The lowest BCUT2D eigenvalue weighted by molar-refractivity contribution is -0.135. The summed E-state index contributed by atoms with van der Waals surface area (Å²) in [6, 6.07) is 3.81. The van der Waals surface area contributed by atoms with Crippen molar-refractivity contribution >= 4 is 5.91 Å². The van der Waals surface area contributed by atoms with Crippen LogP contribution in [0.3, 0.4) is 0 Å². The second-order valence-electron chi connectivity index (χ2n) is 3.34. The van der Waals surface area contributed by atoms with Crippen molar-refractivity contribution in [3.8, 4) is 0 Å². The normalized spacial score (nSPS) is 22.8. The van der Waals surface area contributed by atoms with E-state index in [1.807, 2.05) is 24.0 Å². The second kappa shape index (κ2) is 3.84. The van der Waals surface area contributed by atoms with Crippen LogP contribution in [0.4, 0.5) is 0 Å². The average molecular weight is 194 g/mol. The Labute approximate surface area is 82.9 Å². The first-order valence-corrected chi connectivity index (χ1v) is 4.86. The molecule has 1 saturated heterocycles. The van der Waals surface area contributed by atoms with E-state index < -0.39 is 0 Å². The zero-order valence-corrected chi connectivity index (χ0v) is 8.19. The van der Waals surface area contributed by atoms with Gasteiger partial charge in [0.2, 0.25) is 5.91 Å². The summed E-state index contributed by atoms with van der Waals surface area (Å²) in [4.78, 5) is 13.4. The van der Waals surface area contributed by atoms with Crippen LogP contribution in [0, 0.1) is 0 Å². The molecule has 1 unspecified atom stereocenters. The molecule has 1 fully saturated rings. The van der Waals surface area contributed by atoms with E-state index in [0.29, 0.717) is 6.54 Å². The van der Waals surface area contributed by atoms with Crippen molar-refractivity contribution in [3.05, 3.63) is 24.2 Å². The lowest BCUT2D eigenvalue weighted by atomic mass is 10.1. The predicted molar refractivity (Wildman–Crippen MR) is 51.7 cm³/mol. The average Bonchev–Trinajstić information content (AvgIpc) is 2.70. The van der Waals surface area contributed by atoms with Crippen LogP contribution in [0.1, 0.15) is 18.7 Å². The minimum absolute atomic E-state index is 0.0521. The van der Waals surface area contributed by atoms with Crippen molar-refractivity contribution in [2.75, 3.05) is 19.6 Å². The molecular formula is C10H14N2O2. The largest absolute Gasteiger partial charge is 0.467 e. The molecule has 1 atom stereocenters. The van der Waals surface area contributed by atoms with Gasteiger partial charge in [-0.1, -0.05) is 0 Å². The number of likely N-dealkylation sites (N-methyl/N-ethyl adjacent to an activating group) is 1. The van der Waals surface area contributed by atoms with Gasteiger partial charge in [0.15, 0.2) is 0 Å². The van der Waals surface area contributed by atoms with E-state index in [1.165, 1.54) is 0 Å². The zero-order chi connectivity index (χ0) is 9.97. The van der Waals surface area contributed by atoms with Gasteiger partial charge in [0, 0.05) is 13.1 Å². The van der Waals surface area contributed by atoms with Crippen LogP contribution in [0.5, 0.6) is 0 Å². The number of carbonyl (C=O) groups is 1. The van der Waals surface area contributed by atoms with Crippen molar-refractivity contribution in [3.63, 3.8) is 0 Å². The van der Waals surface area contributed by atoms with Crippen molar-refractivity contribution in [1.82, 2.24) is 10.2 Å². The summed E-state index contributed by atoms with van der Waals surface area (Å²) in [5.74, 6) is 0.993. The van der Waals surface area contributed by atoms with Crippen LogP contribution in [0.2, 0.25) is 0 Å². The lowest BCUT2D eigenvalue weighted by Crippen LogP contribution is -2.49. The fourth-order valence-corrected chi connectivity index (χ4v) is 1.83. The number of hydrogen-bond donors (Lipinski definition) is 1. The number of rotatable bonds is 2. The molecule has 0 spiro atoms. The summed E-state index contributed by atoms with van der Waals surface area (Å²) in [5.41, 5.74) is 0. The van der Waals surface area contributed by atoms with Crippen LogP contribution in [-0.4, -0.2) is 30.4 Å². The molecular weight excluding hydrogens is 180 g/mol. The standard InChI is InChI=1S/C10H14N2O2/c1-2-12-8(6-11-7-10(12)13)9-4-3-5-14-9/h3-5,8,11H,2,6-7H2,1H3. The Morgan fingerprint density at radius 3 is 3.21 bits per heavy atom. The van der Waals surface area contributed by atoms with Crippen LogP contribution >= 0.6 is 0 Å². The van der Waals surface area contributed by atoms with Gasteiger partial charge in [-0.15, -0.1) is 0 Å². The Kier molecular flexibility index (Phi) is 2.54. The highest BCUT2D eigenvalue weighted by Crippen LogP contribution is 2.22. The molecule has 1 N–H and O–H groups in total. The molecule has 0 aliphatic carbocycles. The maximum Gasteiger partial charge on any atom is 0.237 e. The molecule has 0 bridgehead atoms. The maximum atomic E-state index is 11.6. The Morgan fingerprint density at radius 2 is 2.57 bits per heavy atom. The Balaban J connectivity index is 2.20. The molecule has 1 aromatic rings. The van der Waals surface area contributed by atoms with E-state index in [2.05, 4.69) is 5.32 Å². The number of furan rings is 1. The highest BCUT2D eigenvalue weighted by atomic mass is 16.3. The van der Waals surface area contributed by atoms with Gasteiger partial charge in [-0.2, -0.15) is 0 Å². The van der Waals surface area contributed by atoms with Gasteiger partial charge >= 0.3 is 0 Å². The maximum absolute atomic E-state index is 11.6. The van der Waals surface area contributed by atoms with Crippen LogP contribution in [0.25, 0.3) is 0 Å². The SMILES string of the molecule is CCN1C(=O)CNCC1c1ccco1. The van der Waals surface area contributed by atoms with Crippen LogP contribution in [0.15, 0.2) is 22.8 Å². The smallest absolute Gasteiger partial charge is 0.237 e. The molecule has 2 heterocycles. The molecule has 0 aromatic carbocycles. The van der Waals surface area contributed by atoms with Crippen molar-refractivity contribution < 1.29 is 9.21 Å². The van der Waals surface area contributed by atoms with E-state index >= 15 is 0 Å². The first kappa shape index (κ1) is 9.27. The zero-order valence-electron chi connectivity index (χ0n) is 8.19. The number of amides is 1. The van der Waals surface area contributed by atoms with Gasteiger partial charge < -0.3 is 14.6 Å². The van der Waals surface area contributed by atoms with Gasteiger partial charge in [-0.05, 0) is 19.1 Å². The van der Waals surface area contributed by atoms with Gasteiger partial charge in [0.1, 0.15) is 11.8 Å². The van der Waals surface area contributed by atoms with E-state index in [1.54, 1.807) is 6.26 Å². The fourth-order valence-electron chi connectivity index (χ4n) is 1.83. The second-order valence-corrected chi connectivity index (χ2v) is 3.34. The number of nitrogens with zero attached hydrogens (tertiary/aromatic N) is 1. The number of nitrogens with one attached hydrogen (secondary N) is 1. The molecule has 4 heteroatoms. The Hall–Kier alpha value is -1.29. The molecule has 14 heavy (non-hydrogen) atoms. The van der Waals surface area contributed by atoms with E-state index in [4.69, 9.17) is 4.42 Å². The monoisotopic (exact) mass is 194 g/mol. The third-order valence-corrected chi connectivity index (χ3v) is 2.52. The third-order valence-electron chi connectivity index (χ3n) is 2.52. The number of piperazine rings is 1. The van der Waals surface area contributed by atoms with Crippen LogP contribution < -0.4 is 5.32 Å². The van der Waals surface area contributed by atoms with Gasteiger partial charge in [-0.3, -0.25) is 4.79 Å². The molecule has 2 rings (SSSR count). The molecule has 0 radical (unpaired) electrons.